The van der Waals surface area contributed by atoms with Crippen molar-refractivity contribution >= 4 is 21.9 Å². The molecule has 1 aromatic rings. The van der Waals surface area contributed by atoms with Gasteiger partial charge in [0.25, 0.3) is 0 Å². The predicted octanol–water partition coefficient (Wildman–Crippen LogP) is 2.38. The number of rotatable bonds is 6. The maximum atomic E-state index is 11.6. The van der Waals surface area contributed by atoms with Crippen molar-refractivity contribution in [2.75, 3.05) is 11.9 Å². The molecule has 0 saturated heterocycles. The van der Waals surface area contributed by atoms with Gasteiger partial charge in [0.15, 0.2) is 0 Å². The number of alkyl halides is 1. The molecule has 1 rings (SSSR count). The predicted molar refractivity (Wildman–Crippen MR) is 65.8 cm³/mol. The summed E-state index contributed by atoms with van der Waals surface area (Å²) in [5, 5.41) is 9.90. The van der Waals surface area contributed by atoms with E-state index in [0.29, 0.717) is 12.0 Å². The number of halogens is 1. The summed E-state index contributed by atoms with van der Waals surface area (Å²) < 4.78 is 5.18. The molecular formula is C12H15BrO3. The van der Waals surface area contributed by atoms with Crippen molar-refractivity contribution in [3.63, 3.8) is 0 Å². The van der Waals surface area contributed by atoms with E-state index in [0.717, 1.165) is 11.8 Å². The Morgan fingerprint density at radius 3 is 2.62 bits per heavy atom. The lowest BCUT2D eigenvalue weighted by Crippen LogP contribution is -2.22. The van der Waals surface area contributed by atoms with E-state index in [1.54, 1.807) is 24.3 Å². The van der Waals surface area contributed by atoms with E-state index in [9.17, 15) is 4.79 Å². The van der Waals surface area contributed by atoms with Crippen LogP contribution in [0.4, 0.5) is 0 Å². The average molecular weight is 287 g/mol. The topological polar surface area (TPSA) is 46.5 Å². The molecule has 0 heterocycles. The van der Waals surface area contributed by atoms with Crippen LogP contribution in [0.3, 0.4) is 0 Å². The number of aliphatic hydroxyl groups excluding tert-OH is 1. The van der Waals surface area contributed by atoms with Gasteiger partial charge in [-0.15, -0.1) is 0 Å². The molecule has 0 spiro atoms. The van der Waals surface area contributed by atoms with Gasteiger partial charge in [0.2, 0.25) is 0 Å². The molecule has 4 heteroatoms. The Morgan fingerprint density at radius 2 is 2.06 bits per heavy atom. The highest BCUT2D eigenvalue weighted by Gasteiger charge is 2.14. The van der Waals surface area contributed by atoms with Gasteiger partial charge < -0.3 is 9.84 Å². The molecule has 1 N–H and O–H groups in total. The summed E-state index contributed by atoms with van der Waals surface area (Å²) in [6, 6.07) is 8.79. The van der Waals surface area contributed by atoms with E-state index < -0.39 is 6.10 Å². The molecule has 0 aliphatic rings. The van der Waals surface area contributed by atoms with Crippen LogP contribution in [0.5, 0.6) is 0 Å². The minimum Gasteiger partial charge on any atom is -0.456 e. The van der Waals surface area contributed by atoms with Crippen LogP contribution < -0.4 is 0 Å². The van der Waals surface area contributed by atoms with Crippen LogP contribution in [0.25, 0.3) is 0 Å². The first kappa shape index (κ1) is 13.2. The minimum absolute atomic E-state index is 0.133. The summed E-state index contributed by atoms with van der Waals surface area (Å²) >= 11 is 3.30. The summed E-state index contributed by atoms with van der Waals surface area (Å²) in [7, 11) is 0. The fourth-order valence-electron chi connectivity index (χ4n) is 1.29. The smallest absolute Gasteiger partial charge is 0.338 e. The maximum absolute atomic E-state index is 11.6. The molecule has 0 radical (unpaired) electrons. The monoisotopic (exact) mass is 286 g/mol. The summed E-state index contributed by atoms with van der Waals surface area (Å²) in [5.41, 5.74) is 0.514. The van der Waals surface area contributed by atoms with Gasteiger partial charge in [-0.25, -0.2) is 4.79 Å². The van der Waals surface area contributed by atoms with Gasteiger partial charge in [0, 0.05) is 5.33 Å². The number of hydrogen-bond acceptors (Lipinski definition) is 3. The molecule has 3 nitrogen and oxygen atoms in total. The van der Waals surface area contributed by atoms with Crippen LogP contribution >= 0.6 is 15.9 Å². The second-order valence-corrected chi connectivity index (χ2v) is 4.20. The van der Waals surface area contributed by atoms with Crippen molar-refractivity contribution < 1.29 is 14.6 Å². The molecule has 16 heavy (non-hydrogen) atoms. The number of benzene rings is 1. The summed E-state index contributed by atoms with van der Waals surface area (Å²) in [6.07, 6.45) is 1.12. The Balaban J connectivity index is 2.49. The Labute approximate surface area is 104 Å². The molecule has 1 atom stereocenters. The van der Waals surface area contributed by atoms with E-state index in [1.165, 1.54) is 0 Å². The van der Waals surface area contributed by atoms with Crippen LogP contribution in [-0.2, 0) is 4.74 Å². The first-order valence-corrected chi connectivity index (χ1v) is 6.33. The normalized spacial score (nSPS) is 12.1. The Hall–Kier alpha value is -0.870. The quantitative estimate of drug-likeness (QED) is 0.645. The van der Waals surface area contributed by atoms with E-state index in [2.05, 4.69) is 15.9 Å². The molecule has 0 aliphatic heterocycles. The molecule has 0 amide bonds. The number of carbonyl (C=O) groups is 1. The van der Waals surface area contributed by atoms with E-state index in [4.69, 9.17) is 9.84 Å². The third-order valence-electron chi connectivity index (χ3n) is 2.15. The van der Waals surface area contributed by atoms with Crippen molar-refractivity contribution in [3.8, 4) is 0 Å². The Bertz CT molecular complexity index is 313. The van der Waals surface area contributed by atoms with Crippen LogP contribution in [-0.4, -0.2) is 29.1 Å². The van der Waals surface area contributed by atoms with Gasteiger partial charge in [-0.3, -0.25) is 0 Å². The fourth-order valence-corrected chi connectivity index (χ4v) is 1.61. The Morgan fingerprint density at radius 1 is 1.38 bits per heavy atom. The lowest BCUT2D eigenvalue weighted by atomic mass is 10.2. The molecule has 0 bridgehead atoms. The third kappa shape index (κ3) is 4.33. The lowest BCUT2D eigenvalue weighted by Gasteiger charge is -2.14. The highest BCUT2D eigenvalue weighted by molar-refractivity contribution is 9.09. The Kier molecular flexibility index (Phi) is 6.11. The van der Waals surface area contributed by atoms with Gasteiger partial charge in [0.05, 0.1) is 12.2 Å². The van der Waals surface area contributed by atoms with Crippen LogP contribution in [0.2, 0.25) is 0 Å². The van der Waals surface area contributed by atoms with E-state index >= 15 is 0 Å². The highest BCUT2D eigenvalue weighted by atomic mass is 79.9. The van der Waals surface area contributed by atoms with Gasteiger partial charge in [-0.1, -0.05) is 34.1 Å². The number of esters is 1. The lowest BCUT2D eigenvalue weighted by molar-refractivity contribution is 0.0114. The highest BCUT2D eigenvalue weighted by Crippen LogP contribution is 2.08. The molecule has 0 fully saturated rings. The van der Waals surface area contributed by atoms with Crippen LogP contribution in [0.1, 0.15) is 23.2 Å². The zero-order valence-electron chi connectivity index (χ0n) is 8.93. The van der Waals surface area contributed by atoms with Gasteiger partial charge in [-0.2, -0.15) is 0 Å². The van der Waals surface area contributed by atoms with Crippen LogP contribution in [0, 0.1) is 0 Å². The largest absolute Gasteiger partial charge is 0.456 e. The van der Waals surface area contributed by atoms with Gasteiger partial charge in [0.1, 0.15) is 6.10 Å². The average Bonchev–Trinajstić information content (AvgIpc) is 2.35. The molecule has 0 aromatic heterocycles. The zero-order valence-corrected chi connectivity index (χ0v) is 10.5. The molecule has 1 unspecified atom stereocenters. The first-order valence-electron chi connectivity index (χ1n) is 5.20. The van der Waals surface area contributed by atoms with Crippen molar-refractivity contribution in [1.82, 2.24) is 0 Å². The third-order valence-corrected chi connectivity index (χ3v) is 2.71. The maximum Gasteiger partial charge on any atom is 0.338 e. The van der Waals surface area contributed by atoms with Crippen molar-refractivity contribution in [3.05, 3.63) is 35.9 Å². The van der Waals surface area contributed by atoms with Crippen molar-refractivity contribution in [2.24, 2.45) is 0 Å². The molecular weight excluding hydrogens is 272 g/mol. The van der Waals surface area contributed by atoms with Crippen molar-refractivity contribution in [1.29, 1.82) is 0 Å². The van der Waals surface area contributed by atoms with E-state index in [1.807, 2.05) is 6.07 Å². The second kappa shape index (κ2) is 7.41. The van der Waals surface area contributed by atoms with E-state index in [-0.39, 0.29) is 12.6 Å². The molecule has 88 valence electrons. The minimum atomic E-state index is -0.412. The number of hydrogen-bond donors (Lipinski definition) is 1. The number of carbonyl (C=O) groups excluding carboxylic acids is 1. The van der Waals surface area contributed by atoms with Crippen LogP contribution in [0.15, 0.2) is 30.3 Å². The standard InChI is InChI=1S/C12H15BrO3/c13-8-4-7-11(9-14)16-12(15)10-5-2-1-3-6-10/h1-3,5-6,11,14H,4,7-9H2. The SMILES string of the molecule is O=C(OC(CO)CCCBr)c1ccccc1. The summed E-state index contributed by atoms with van der Waals surface area (Å²) in [4.78, 5) is 11.6. The molecule has 1 aromatic carbocycles. The zero-order chi connectivity index (χ0) is 11.8. The van der Waals surface area contributed by atoms with Gasteiger partial charge in [-0.05, 0) is 25.0 Å². The number of ether oxygens (including phenoxy) is 1. The molecule has 0 aliphatic carbocycles. The summed E-state index contributed by atoms with van der Waals surface area (Å²) in [6.45, 7) is -0.133. The summed E-state index contributed by atoms with van der Waals surface area (Å²) in [5.74, 6) is -0.380. The molecule has 0 saturated carbocycles. The van der Waals surface area contributed by atoms with Gasteiger partial charge >= 0.3 is 5.97 Å². The van der Waals surface area contributed by atoms with Crippen molar-refractivity contribution in [2.45, 2.75) is 18.9 Å². The number of aliphatic hydroxyl groups is 1. The fraction of sp³-hybridized carbons (Fsp3) is 0.417. The first-order chi connectivity index (χ1) is 7.77. The second-order valence-electron chi connectivity index (χ2n) is 3.41.